The Morgan fingerprint density at radius 2 is 1.88 bits per heavy atom. The maximum atomic E-state index is 9.59. The van der Waals surface area contributed by atoms with E-state index in [1.54, 1.807) is 20.3 Å². The van der Waals surface area contributed by atoms with E-state index in [4.69, 9.17) is 9.47 Å². The lowest BCUT2D eigenvalue weighted by Crippen LogP contribution is -1.96. The molecule has 1 heterocycles. The normalized spacial score (nSPS) is 11.3. The smallest absolute Gasteiger partial charge is 0.161 e. The molecule has 0 amide bonds. The number of aromatic nitrogens is 2. The van der Waals surface area contributed by atoms with Crippen molar-refractivity contribution in [3.05, 3.63) is 53.9 Å². The minimum Gasteiger partial charge on any atom is -0.493 e. The van der Waals surface area contributed by atoms with Crippen LogP contribution in [0, 0.1) is 11.3 Å². The standard InChI is InChI=1S/C19H17N3O2/c1-22-16-7-5-4-6-15(16)21-19(22)14(12-20)10-13-8-9-17(23-2)18(11-13)24-3/h4-11H,1-3H3/b14-10-. The minimum atomic E-state index is 0.487. The van der Waals surface area contributed by atoms with Crippen molar-refractivity contribution in [3.63, 3.8) is 0 Å². The van der Waals surface area contributed by atoms with Gasteiger partial charge in [-0.1, -0.05) is 18.2 Å². The molecular weight excluding hydrogens is 302 g/mol. The molecule has 0 spiro atoms. The van der Waals surface area contributed by atoms with Crippen LogP contribution in [0.3, 0.4) is 0 Å². The van der Waals surface area contributed by atoms with E-state index in [1.807, 2.05) is 54.1 Å². The molecule has 0 N–H and O–H groups in total. The zero-order valence-corrected chi connectivity index (χ0v) is 13.8. The molecule has 5 heteroatoms. The summed E-state index contributed by atoms with van der Waals surface area (Å²) in [7, 11) is 5.08. The number of aryl methyl sites for hydroxylation is 1. The molecule has 3 rings (SSSR count). The van der Waals surface area contributed by atoms with Gasteiger partial charge in [0.15, 0.2) is 17.3 Å². The van der Waals surface area contributed by atoms with Gasteiger partial charge in [0, 0.05) is 7.05 Å². The van der Waals surface area contributed by atoms with Gasteiger partial charge in [0.05, 0.1) is 30.8 Å². The van der Waals surface area contributed by atoms with Gasteiger partial charge in [0.25, 0.3) is 0 Å². The highest BCUT2D eigenvalue weighted by atomic mass is 16.5. The van der Waals surface area contributed by atoms with Crippen LogP contribution in [0.2, 0.25) is 0 Å². The van der Waals surface area contributed by atoms with Gasteiger partial charge in [0.2, 0.25) is 0 Å². The van der Waals surface area contributed by atoms with Gasteiger partial charge in [-0.25, -0.2) is 4.98 Å². The quantitative estimate of drug-likeness (QED) is 0.689. The van der Waals surface area contributed by atoms with Crippen molar-refractivity contribution < 1.29 is 9.47 Å². The van der Waals surface area contributed by atoms with Gasteiger partial charge < -0.3 is 14.0 Å². The van der Waals surface area contributed by atoms with Gasteiger partial charge in [-0.05, 0) is 35.9 Å². The molecule has 0 radical (unpaired) electrons. The van der Waals surface area contributed by atoms with Gasteiger partial charge in [-0.3, -0.25) is 0 Å². The number of allylic oxidation sites excluding steroid dienone is 1. The van der Waals surface area contributed by atoms with Crippen LogP contribution in [0.5, 0.6) is 11.5 Å². The van der Waals surface area contributed by atoms with Gasteiger partial charge in [0.1, 0.15) is 6.07 Å². The van der Waals surface area contributed by atoms with Crippen molar-refractivity contribution in [3.8, 4) is 17.6 Å². The summed E-state index contributed by atoms with van der Waals surface area (Å²) in [5, 5.41) is 9.59. The first-order valence-electron chi connectivity index (χ1n) is 7.43. The fourth-order valence-corrected chi connectivity index (χ4v) is 2.64. The third-order valence-electron chi connectivity index (χ3n) is 3.87. The number of hydrogen-bond donors (Lipinski definition) is 0. The number of methoxy groups -OCH3 is 2. The van der Waals surface area contributed by atoms with Crippen LogP contribution in [0.4, 0.5) is 0 Å². The Labute approximate surface area is 140 Å². The van der Waals surface area contributed by atoms with Gasteiger partial charge >= 0.3 is 0 Å². The molecule has 2 aromatic carbocycles. The third-order valence-corrected chi connectivity index (χ3v) is 3.87. The lowest BCUT2D eigenvalue weighted by molar-refractivity contribution is 0.355. The number of imidazole rings is 1. The summed E-state index contributed by atoms with van der Waals surface area (Å²) < 4.78 is 12.5. The third kappa shape index (κ3) is 2.70. The number of nitrogens with zero attached hydrogens (tertiary/aromatic N) is 3. The zero-order valence-electron chi connectivity index (χ0n) is 13.8. The van der Waals surface area contributed by atoms with E-state index in [0.717, 1.165) is 16.6 Å². The Morgan fingerprint density at radius 3 is 2.54 bits per heavy atom. The summed E-state index contributed by atoms with van der Waals surface area (Å²) >= 11 is 0. The maximum absolute atomic E-state index is 9.59. The number of benzene rings is 2. The second-order valence-electron chi connectivity index (χ2n) is 5.27. The van der Waals surface area contributed by atoms with Crippen molar-refractivity contribution in [2.75, 3.05) is 14.2 Å². The Kier molecular flexibility index (Phi) is 4.21. The average molecular weight is 319 g/mol. The molecule has 5 nitrogen and oxygen atoms in total. The molecule has 0 bridgehead atoms. The molecule has 0 aliphatic rings. The summed E-state index contributed by atoms with van der Waals surface area (Å²) in [4.78, 5) is 4.57. The summed E-state index contributed by atoms with van der Waals surface area (Å²) in [5.74, 6) is 1.90. The summed E-state index contributed by atoms with van der Waals surface area (Å²) in [6.07, 6.45) is 1.79. The predicted octanol–water partition coefficient (Wildman–Crippen LogP) is 3.65. The highest BCUT2D eigenvalue weighted by Crippen LogP contribution is 2.29. The first-order chi connectivity index (χ1) is 11.7. The summed E-state index contributed by atoms with van der Waals surface area (Å²) in [6.45, 7) is 0. The number of para-hydroxylation sites is 2. The van der Waals surface area contributed by atoms with Crippen LogP contribution in [-0.4, -0.2) is 23.8 Å². The van der Waals surface area contributed by atoms with Gasteiger partial charge in [-0.15, -0.1) is 0 Å². The fraction of sp³-hybridized carbons (Fsp3) is 0.158. The van der Waals surface area contributed by atoms with Crippen LogP contribution < -0.4 is 9.47 Å². The monoisotopic (exact) mass is 319 g/mol. The van der Waals surface area contributed by atoms with Gasteiger partial charge in [-0.2, -0.15) is 5.26 Å². The molecule has 120 valence electrons. The SMILES string of the molecule is COc1ccc(/C=C(/C#N)c2nc3ccccc3n2C)cc1OC. The minimum absolute atomic E-state index is 0.487. The number of hydrogen-bond acceptors (Lipinski definition) is 4. The van der Waals surface area contributed by atoms with Crippen LogP contribution in [0.15, 0.2) is 42.5 Å². The second kappa shape index (κ2) is 6.47. The Morgan fingerprint density at radius 1 is 1.12 bits per heavy atom. The molecule has 0 saturated carbocycles. The van der Waals surface area contributed by atoms with E-state index in [2.05, 4.69) is 11.1 Å². The largest absolute Gasteiger partial charge is 0.493 e. The Bertz CT molecular complexity index is 964. The van der Waals surface area contributed by atoms with Crippen molar-refractivity contribution in [2.45, 2.75) is 0 Å². The molecule has 0 unspecified atom stereocenters. The van der Waals surface area contributed by atoms with E-state index in [1.165, 1.54) is 0 Å². The van der Waals surface area contributed by atoms with Crippen LogP contribution in [0.25, 0.3) is 22.7 Å². The summed E-state index contributed by atoms with van der Waals surface area (Å²) in [5.41, 5.74) is 3.18. The number of nitriles is 1. The number of rotatable bonds is 4. The van der Waals surface area contributed by atoms with Crippen molar-refractivity contribution >= 4 is 22.7 Å². The Hall–Kier alpha value is -3.26. The van der Waals surface area contributed by atoms with Crippen LogP contribution in [-0.2, 0) is 7.05 Å². The highest BCUT2D eigenvalue weighted by molar-refractivity contribution is 5.91. The van der Waals surface area contributed by atoms with E-state index < -0.39 is 0 Å². The molecule has 24 heavy (non-hydrogen) atoms. The summed E-state index contributed by atoms with van der Waals surface area (Å²) in [6, 6.07) is 15.6. The lowest BCUT2D eigenvalue weighted by atomic mass is 10.1. The van der Waals surface area contributed by atoms with Crippen molar-refractivity contribution in [1.82, 2.24) is 9.55 Å². The molecular formula is C19H17N3O2. The van der Waals surface area contributed by atoms with Crippen molar-refractivity contribution in [1.29, 1.82) is 5.26 Å². The molecule has 0 fully saturated rings. The molecule has 0 atom stereocenters. The maximum Gasteiger partial charge on any atom is 0.161 e. The molecule has 0 saturated heterocycles. The van der Waals surface area contributed by atoms with Crippen molar-refractivity contribution in [2.24, 2.45) is 7.05 Å². The Balaban J connectivity index is 2.09. The first kappa shape index (κ1) is 15.6. The highest BCUT2D eigenvalue weighted by Gasteiger charge is 2.12. The zero-order chi connectivity index (χ0) is 17.1. The average Bonchev–Trinajstić information content (AvgIpc) is 2.96. The van der Waals surface area contributed by atoms with E-state index in [9.17, 15) is 5.26 Å². The van der Waals surface area contributed by atoms with E-state index in [0.29, 0.717) is 22.9 Å². The second-order valence-corrected chi connectivity index (χ2v) is 5.27. The lowest BCUT2D eigenvalue weighted by Gasteiger charge is -2.08. The number of ether oxygens (including phenoxy) is 2. The molecule has 0 aliphatic carbocycles. The predicted molar refractivity (Wildman–Crippen MR) is 93.7 cm³/mol. The van der Waals surface area contributed by atoms with Crippen LogP contribution >= 0.6 is 0 Å². The van der Waals surface area contributed by atoms with E-state index >= 15 is 0 Å². The molecule has 3 aromatic rings. The fourth-order valence-electron chi connectivity index (χ4n) is 2.64. The topological polar surface area (TPSA) is 60.1 Å². The molecule has 0 aliphatic heterocycles. The number of fused-ring (bicyclic) bond motifs is 1. The molecule has 1 aromatic heterocycles. The first-order valence-corrected chi connectivity index (χ1v) is 7.43. The van der Waals surface area contributed by atoms with Crippen LogP contribution in [0.1, 0.15) is 11.4 Å². The van der Waals surface area contributed by atoms with E-state index in [-0.39, 0.29) is 0 Å².